The fraction of sp³-hybridized carbons (Fsp3) is 0.538. The number of ether oxygens (including phenoxy) is 1. The minimum Gasteiger partial charge on any atom is -0.389 e. The summed E-state index contributed by atoms with van der Waals surface area (Å²) < 4.78 is 28.7. The molecule has 5 heterocycles. The van der Waals surface area contributed by atoms with E-state index < -0.39 is 15.9 Å². The first-order valence-electron chi connectivity index (χ1n) is 12.9. The summed E-state index contributed by atoms with van der Waals surface area (Å²) in [5.74, 6) is 3.21. The van der Waals surface area contributed by atoms with Crippen LogP contribution in [0.15, 0.2) is 30.7 Å². The Kier molecular flexibility index (Phi) is 7.38. The number of hydrogen-bond acceptors (Lipinski definition) is 11. The second-order valence-corrected chi connectivity index (χ2v) is 12.8. The van der Waals surface area contributed by atoms with Gasteiger partial charge in [0.05, 0.1) is 18.0 Å². The average Bonchev–Trinajstić information content (AvgIpc) is 2.85. The van der Waals surface area contributed by atoms with Gasteiger partial charge in [0.1, 0.15) is 27.3 Å². The molecule has 5 rings (SSSR count). The van der Waals surface area contributed by atoms with Crippen molar-refractivity contribution in [3.8, 4) is 0 Å². The van der Waals surface area contributed by atoms with Crippen LogP contribution in [0.4, 0.5) is 23.4 Å². The van der Waals surface area contributed by atoms with Crippen molar-refractivity contribution >= 4 is 44.0 Å². The van der Waals surface area contributed by atoms with Crippen molar-refractivity contribution < 1.29 is 18.3 Å². The molecule has 2 aliphatic heterocycles. The number of piperidine rings is 1. The molecule has 0 saturated carbocycles. The number of anilines is 4. The molecule has 0 radical (unpaired) electrons. The summed E-state index contributed by atoms with van der Waals surface area (Å²) in [6.45, 7) is 6.70. The molecule has 0 bridgehead atoms. The third-order valence-electron chi connectivity index (χ3n) is 7.20. The van der Waals surface area contributed by atoms with E-state index in [1.165, 1.54) is 6.26 Å². The van der Waals surface area contributed by atoms with Crippen LogP contribution in [0.1, 0.15) is 31.7 Å². The summed E-state index contributed by atoms with van der Waals surface area (Å²) in [6.07, 6.45) is 6.64. The number of rotatable bonds is 8. The fourth-order valence-electron chi connectivity index (χ4n) is 5.27. The fourth-order valence-corrected chi connectivity index (χ4v) is 6.33. The van der Waals surface area contributed by atoms with Gasteiger partial charge in [0.2, 0.25) is 5.95 Å². The van der Waals surface area contributed by atoms with Gasteiger partial charge in [0.15, 0.2) is 0 Å². The zero-order valence-electron chi connectivity index (χ0n) is 22.2. The molecule has 0 aliphatic carbocycles. The van der Waals surface area contributed by atoms with Gasteiger partial charge < -0.3 is 25.0 Å². The number of hydrogen-bond donors (Lipinski definition) is 2. The quantitative estimate of drug-likeness (QED) is 0.435. The summed E-state index contributed by atoms with van der Waals surface area (Å²) >= 11 is 0. The molecular weight excluding hydrogens is 506 g/mol. The Hall–Kier alpha value is -3.09. The molecule has 2 fully saturated rings. The Morgan fingerprint density at radius 3 is 2.58 bits per heavy atom. The standard InChI is InChI=1S/C26H35N7O4S/c1-16(2)19-10-29-25(33-12-17(13-33)15-38(4,35)36)20-11-28-24(9-18(19)20)30-23-5-7-27-26(31-23)32-8-6-22(37-3)21(34)14-32/h5,7,9-11,16-17,21-22,34H,6,8,12-15H2,1-4H3,(H,27,28,30,31)/t21-,22-/m0/s1. The van der Waals surface area contributed by atoms with Gasteiger partial charge >= 0.3 is 0 Å². The van der Waals surface area contributed by atoms with E-state index in [4.69, 9.17) is 9.72 Å². The largest absolute Gasteiger partial charge is 0.389 e. The molecule has 3 aromatic rings. The van der Waals surface area contributed by atoms with Crippen LogP contribution in [0.2, 0.25) is 0 Å². The lowest BCUT2D eigenvalue weighted by Gasteiger charge is -2.40. The lowest BCUT2D eigenvalue weighted by Crippen LogP contribution is -2.50. The van der Waals surface area contributed by atoms with Crippen LogP contribution in [-0.2, 0) is 14.6 Å². The van der Waals surface area contributed by atoms with Gasteiger partial charge in [-0.25, -0.2) is 23.4 Å². The Morgan fingerprint density at radius 1 is 1.11 bits per heavy atom. The van der Waals surface area contributed by atoms with E-state index in [2.05, 4.69) is 39.0 Å². The van der Waals surface area contributed by atoms with Crippen molar-refractivity contribution in [3.63, 3.8) is 0 Å². The van der Waals surface area contributed by atoms with Crippen LogP contribution in [0.25, 0.3) is 10.8 Å². The topological polar surface area (TPSA) is 134 Å². The van der Waals surface area contributed by atoms with Crippen LogP contribution >= 0.6 is 0 Å². The molecular formula is C26H35N7O4S. The monoisotopic (exact) mass is 541 g/mol. The molecule has 12 heteroatoms. The highest BCUT2D eigenvalue weighted by molar-refractivity contribution is 7.90. The smallest absolute Gasteiger partial charge is 0.227 e. The van der Waals surface area contributed by atoms with Gasteiger partial charge in [-0.2, -0.15) is 4.98 Å². The number of nitrogens with zero attached hydrogens (tertiary/aromatic N) is 6. The Bertz CT molecular complexity index is 1410. The van der Waals surface area contributed by atoms with Gasteiger partial charge in [-0.3, -0.25) is 0 Å². The highest BCUT2D eigenvalue weighted by Crippen LogP contribution is 2.35. The number of methoxy groups -OCH3 is 1. The van der Waals surface area contributed by atoms with E-state index in [1.807, 2.05) is 23.4 Å². The number of fused-ring (bicyclic) bond motifs is 1. The summed E-state index contributed by atoms with van der Waals surface area (Å²) in [5, 5.41) is 15.6. The van der Waals surface area contributed by atoms with Crippen LogP contribution in [0, 0.1) is 5.92 Å². The molecule has 2 atom stereocenters. The third kappa shape index (κ3) is 5.67. The van der Waals surface area contributed by atoms with Crippen molar-refractivity contribution in [2.45, 2.75) is 38.4 Å². The molecule has 0 spiro atoms. The molecule has 11 nitrogen and oxygen atoms in total. The van der Waals surface area contributed by atoms with Gasteiger partial charge in [0, 0.05) is 69.4 Å². The first-order chi connectivity index (χ1) is 18.1. The molecule has 2 N–H and O–H groups in total. The number of pyridine rings is 2. The van der Waals surface area contributed by atoms with E-state index in [-0.39, 0.29) is 23.7 Å². The number of aliphatic hydroxyl groups is 1. The van der Waals surface area contributed by atoms with Crippen molar-refractivity contribution in [1.29, 1.82) is 0 Å². The summed E-state index contributed by atoms with van der Waals surface area (Å²) in [7, 11) is -1.39. The van der Waals surface area contributed by atoms with Crippen LogP contribution in [-0.4, -0.2) is 91.0 Å². The van der Waals surface area contributed by atoms with E-state index >= 15 is 0 Å². The molecule has 2 aliphatic rings. The average molecular weight is 542 g/mol. The molecule has 0 unspecified atom stereocenters. The maximum atomic E-state index is 11.7. The van der Waals surface area contributed by atoms with Crippen molar-refractivity contribution in [2.75, 3.05) is 60.4 Å². The van der Waals surface area contributed by atoms with Crippen molar-refractivity contribution in [1.82, 2.24) is 19.9 Å². The second-order valence-electron chi connectivity index (χ2n) is 10.6. The molecule has 0 aromatic carbocycles. The van der Waals surface area contributed by atoms with Gasteiger partial charge in [0.25, 0.3) is 0 Å². The predicted molar refractivity (Wildman–Crippen MR) is 148 cm³/mol. The zero-order chi connectivity index (χ0) is 27.0. The number of sulfone groups is 1. The first-order valence-corrected chi connectivity index (χ1v) is 14.9. The maximum Gasteiger partial charge on any atom is 0.227 e. The summed E-state index contributed by atoms with van der Waals surface area (Å²) in [4.78, 5) is 22.5. The minimum atomic E-state index is -3.00. The Morgan fingerprint density at radius 2 is 1.89 bits per heavy atom. The van der Waals surface area contributed by atoms with Crippen LogP contribution in [0.3, 0.4) is 0 Å². The van der Waals surface area contributed by atoms with E-state index in [0.29, 0.717) is 50.2 Å². The normalized spacial score (nSPS) is 20.7. The van der Waals surface area contributed by atoms with E-state index in [1.54, 1.807) is 19.4 Å². The number of nitrogens with one attached hydrogen (secondary N) is 1. The van der Waals surface area contributed by atoms with E-state index in [9.17, 15) is 13.5 Å². The summed E-state index contributed by atoms with van der Waals surface area (Å²) in [5.41, 5.74) is 1.11. The van der Waals surface area contributed by atoms with Gasteiger partial charge in [-0.1, -0.05) is 13.8 Å². The third-order valence-corrected chi connectivity index (χ3v) is 8.28. The van der Waals surface area contributed by atoms with E-state index in [0.717, 1.165) is 22.2 Å². The SMILES string of the molecule is CO[C@H]1CCN(c2nccc(Nc3cc4c(C(C)C)cnc(N5CC(CS(C)(=O)=O)C5)c4cn3)n2)C[C@@H]1O. The summed E-state index contributed by atoms with van der Waals surface area (Å²) in [6, 6.07) is 3.80. The highest BCUT2D eigenvalue weighted by Gasteiger charge is 2.32. The van der Waals surface area contributed by atoms with Crippen molar-refractivity contribution in [3.05, 3.63) is 36.3 Å². The number of β-amino-alcohol motifs (C(OH)–C–C–N with tert-alkyl or cyclic N) is 1. The second kappa shape index (κ2) is 10.6. The zero-order valence-corrected chi connectivity index (χ0v) is 23.0. The Labute approximate surface area is 223 Å². The molecule has 0 amide bonds. The highest BCUT2D eigenvalue weighted by atomic mass is 32.2. The van der Waals surface area contributed by atoms with Crippen LogP contribution < -0.4 is 15.1 Å². The Balaban J connectivity index is 1.37. The lowest BCUT2D eigenvalue weighted by atomic mass is 9.97. The first kappa shape index (κ1) is 26.5. The van der Waals surface area contributed by atoms with Gasteiger partial charge in [-0.15, -0.1) is 0 Å². The minimum absolute atomic E-state index is 0.119. The van der Waals surface area contributed by atoms with Crippen molar-refractivity contribution in [2.24, 2.45) is 5.92 Å². The predicted octanol–water partition coefficient (Wildman–Crippen LogP) is 2.35. The molecule has 3 aromatic heterocycles. The molecule has 204 valence electrons. The maximum absolute atomic E-state index is 11.7. The number of aromatic nitrogens is 4. The number of aliphatic hydroxyl groups excluding tert-OH is 1. The lowest BCUT2D eigenvalue weighted by molar-refractivity contribution is -0.0219. The molecule has 38 heavy (non-hydrogen) atoms. The van der Waals surface area contributed by atoms with Gasteiger partial charge in [-0.05, 0) is 35.4 Å². The molecule has 2 saturated heterocycles. The van der Waals surface area contributed by atoms with Crippen LogP contribution in [0.5, 0.6) is 0 Å².